The SMILES string of the molecule is Cl.Oc1ccc2c(c1)[C@]13CCCC[C@H]1[C@H](C2)N(CCC1=CCCCC1)CC3. The van der Waals surface area contributed by atoms with Gasteiger partial charge in [-0.3, -0.25) is 4.90 Å². The number of likely N-dealkylation sites (tertiary alicyclic amines) is 1. The Hall–Kier alpha value is -0.990. The monoisotopic (exact) mass is 387 g/mol. The lowest BCUT2D eigenvalue weighted by molar-refractivity contribution is -0.0108. The van der Waals surface area contributed by atoms with Gasteiger partial charge in [-0.1, -0.05) is 30.6 Å². The van der Waals surface area contributed by atoms with Crippen LogP contribution in [0.25, 0.3) is 0 Å². The average Bonchev–Trinajstić information content (AvgIpc) is 2.69. The van der Waals surface area contributed by atoms with E-state index in [9.17, 15) is 5.11 Å². The van der Waals surface area contributed by atoms with Crippen LogP contribution < -0.4 is 0 Å². The Bertz CT molecular complexity index is 714. The molecule has 1 saturated heterocycles. The number of halogens is 1. The molecule has 0 unspecified atom stereocenters. The van der Waals surface area contributed by atoms with Crippen molar-refractivity contribution in [2.24, 2.45) is 5.92 Å². The van der Waals surface area contributed by atoms with E-state index >= 15 is 0 Å². The van der Waals surface area contributed by atoms with Crippen LogP contribution >= 0.6 is 12.4 Å². The third-order valence-electron chi connectivity index (χ3n) is 8.04. The third-order valence-corrected chi connectivity index (χ3v) is 8.04. The first-order chi connectivity index (χ1) is 12.8. The summed E-state index contributed by atoms with van der Waals surface area (Å²) in [6.45, 7) is 2.51. The van der Waals surface area contributed by atoms with Crippen molar-refractivity contribution in [1.29, 1.82) is 0 Å². The molecule has 2 fully saturated rings. The minimum atomic E-state index is 0. The maximum Gasteiger partial charge on any atom is 0.115 e. The highest BCUT2D eigenvalue weighted by atomic mass is 35.5. The number of phenolic OH excluding ortho intramolecular Hbond substituents is 1. The smallest absolute Gasteiger partial charge is 0.115 e. The Morgan fingerprint density at radius 3 is 2.89 bits per heavy atom. The van der Waals surface area contributed by atoms with E-state index in [0.717, 1.165) is 12.0 Å². The van der Waals surface area contributed by atoms with E-state index in [-0.39, 0.29) is 12.4 Å². The number of hydrogen-bond donors (Lipinski definition) is 1. The molecule has 1 saturated carbocycles. The molecule has 4 aliphatic rings. The number of hydrogen-bond acceptors (Lipinski definition) is 2. The summed E-state index contributed by atoms with van der Waals surface area (Å²) in [5.41, 5.74) is 5.11. The molecule has 1 aliphatic heterocycles. The van der Waals surface area contributed by atoms with Crippen molar-refractivity contribution < 1.29 is 5.11 Å². The number of nitrogens with zero attached hydrogens (tertiary/aromatic N) is 1. The summed E-state index contributed by atoms with van der Waals surface area (Å²) in [4.78, 5) is 2.85. The second kappa shape index (κ2) is 7.79. The van der Waals surface area contributed by atoms with E-state index in [2.05, 4.69) is 23.1 Å². The van der Waals surface area contributed by atoms with Crippen LogP contribution in [0.5, 0.6) is 5.75 Å². The summed E-state index contributed by atoms with van der Waals surface area (Å²) in [5.74, 6) is 1.27. The van der Waals surface area contributed by atoms with Gasteiger partial charge in [-0.2, -0.15) is 0 Å². The molecule has 27 heavy (non-hydrogen) atoms. The van der Waals surface area contributed by atoms with Crippen LogP contribution in [-0.2, 0) is 11.8 Å². The van der Waals surface area contributed by atoms with Gasteiger partial charge < -0.3 is 5.11 Å². The first-order valence-electron chi connectivity index (χ1n) is 11.0. The molecule has 0 aromatic heterocycles. The van der Waals surface area contributed by atoms with Crippen molar-refractivity contribution in [2.45, 2.75) is 82.1 Å². The standard InChI is InChI=1S/C24H33NO.ClH/c26-20-10-9-19-16-23-21-8-4-5-12-24(21,22(19)17-20)13-15-25(23)14-11-18-6-2-1-3-7-18;/h6,9-10,17,21,23,26H,1-5,7-8,11-16H2;1H/t21-,23-,24-;/m0./s1. The lowest BCUT2D eigenvalue weighted by atomic mass is 9.52. The van der Waals surface area contributed by atoms with E-state index in [1.54, 1.807) is 5.57 Å². The molecule has 2 bridgehead atoms. The molecule has 1 aromatic carbocycles. The highest BCUT2D eigenvalue weighted by Crippen LogP contribution is 2.56. The molecular formula is C24H34ClNO. The van der Waals surface area contributed by atoms with Crippen LogP contribution in [0.15, 0.2) is 29.8 Å². The normalized spacial score (nSPS) is 32.7. The van der Waals surface area contributed by atoms with Gasteiger partial charge in [0.15, 0.2) is 0 Å². The number of phenols is 1. The second-order valence-corrected chi connectivity index (χ2v) is 9.27. The molecule has 1 heterocycles. The Balaban J connectivity index is 0.00000180. The zero-order valence-electron chi connectivity index (χ0n) is 16.5. The van der Waals surface area contributed by atoms with Crippen LogP contribution in [0, 0.1) is 5.92 Å². The first-order valence-corrected chi connectivity index (χ1v) is 11.0. The van der Waals surface area contributed by atoms with Gasteiger partial charge in [0.2, 0.25) is 0 Å². The third kappa shape index (κ3) is 3.34. The number of rotatable bonds is 3. The fourth-order valence-corrected chi connectivity index (χ4v) is 6.77. The average molecular weight is 388 g/mol. The molecule has 148 valence electrons. The van der Waals surface area contributed by atoms with Crippen molar-refractivity contribution in [1.82, 2.24) is 4.90 Å². The Morgan fingerprint density at radius 1 is 1.11 bits per heavy atom. The predicted molar refractivity (Wildman–Crippen MR) is 114 cm³/mol. The summed E-state index contributed by atoms with van der Waals surface area (Å²) < 4.78 is 0. The zero-order valence-corrected chi connectivity index (χ0v) is 17.3. The quantitative estimate of drug-likeness (QED) is 0.666. The minimum Gasteiger partial charge on any atom is -0.508 e. The van der Waals surface area contributed by atoms with Crippen molar-refractivity contribution in [3.63, 3.8) is 0 Å². The molecule has 5 rings (SSSR count). The summed E-state index contributed by atoms with van der Waals surface area (Å²) >= 11 is 0. The van der Waals surface area contributed by atoms with Crippen molar-refractivity contribution in [3.8, 4) is 5.75 Å². The summed E-state index contributed by atoms with van der Waals surface area (Å²) in [7, 11) is 0. The lowest BCUT2D eigenvalue weighted by Crippen LogP contribution is -2.61. The molecular weight excluding hydrogens is 354 g/mol. The van der Waals surface area contributed by atoms with Crippen molar-refractivity contribution in [3.05, 3.63) is 41.0 Å². The molecule has 0 amide bonds. The van der Waals surface area contributed by atoms with E-state index < -0.39 is 0 Å². The topological polar surface area (TPSA) is 23.5 Å². The van der Waals surface area contributed by atoms with Gasteiger partial charge in [0.05, 0.1) is 0 Å². The second-order valence-electron chi connectivity index (χ2n) is 9.27. The molecule has 1 aromatic rings. The summed E-state index contributed by atoms with van der Waals surface area (Å²) in [6, 6.07) is 6.97. The van der Waals surface area contributed by atoms with Crippen LogP contribution in [0.3, 0.4) is 0 Å². The van der Waals surface area contributed by atoms with Crippen molar-refractivity contribution in [2.75, 3.05) is 13.1 Å². The van der Waals surface area contributed by atoms with E-state index in [1.165, 1.54) is 94.8 Å². The number of piperidine rings is 1. The Kier molecular flexibility index (Phi) is 5.58. The molecule has 3 heteroatoms. The molecule has 2 nitrogen and oxygen atoms in total. The van der Waals surface area contributed by atoms with Crippen LogP contribution in [0.2, 0.25) is 0 Å². The van der Waals surface area contributed by atoms with Gasteiger partial charge in [0.1, 0.15) is 5.75 Å². The maximum atomic E-state index is 10.1. The molecule has 0 spiro atoms. The Morgan fingerprint density at radius 2 is 2.04 bits per heavy atom. The number of benzene rings is 1. The molecule has 3 atom stereocenters. The summed E-state index contributed by atoms with van der Waals surface area (Å²) in [5, 5.41) is 10.1. The van der Waals surface area contributed by atoms with Gasteiger partial charge in [-0.05, 0) is 93.5 Å². The fourth-order valence-electron chi connectivity index (χ4n) is 6.77. The minimum absolute atomic E-state index is 0. The van der Waals surface area contributed by atoms with Crippen molar-refractivity contribution >= 4 is 12.4 Å². The van der Waals surface area contributed by atoms with E-state index in [4.69, 9.17) is 0 Å². The lowest BCUT2D eigenvalue weighted by Gasteiger charge is -2.59. The van der Waals surface area contributed by atoms with Gasteiger partial charge in [0, 0.05) is 18.0 Å². The van der Waals surface area contributed by atoms with E-state index in [0.29, 0.717) is 11.2 Å². The predicted octanol–water partition coefficient (Wildman–Crippen LogP) is 5.76. The number of fused-ring (bicyclic) bond motifs is 1. The molecule has 0 radical (unpaired) electrons. The van der Waals surface area contributed by atoms with Crippen LogP contribution in [-0.4, -0.2) is 29.1 Å². The van der Waals surface area contributed by atoms with Crippen LogP contribution in [0.4, 0.5) is 0 Å². The first kappa shape index (κ1) is 19.3. The zero-order chi connectivity index (χ0) is 17.6. The van der Waals surface area contributed by atoms with Gasteiger partial charge in [-0.25, -0.2) is 0 Å². The summed E-state index contributed by atoms with van der Waals surface area (Å²) in [6.07, 6.45) is 17.2. The van der Waals surface area contributed by atoms with E-state index in [1.807, 2.05) is 6.07 Å². The molecule has 3 aliphatic carbocycles. The fraction of sp³-hybridized carbons (Fsp3) is 0.667. The number of aromatic hydroxyl groups is 1. The number of allylic oxidation sites excluding steroid dienone is 1. The molecule has 1 N–H and O–H groups in total. The van der Waals surface area contributed by atoms with Gasteiger partial charge in [-0.15, -0.1) is 12.4 Å². The Labute approximate surface area is 170 Å². The van der Waals surface area contributed by atoms with Crippen LogP contribution in [0.1, 0.15) is 75.3 Å². The highest BCUT2D eigenvalue weighted by molar-refractivity contribution is 5.85. The highest BCUT2D eigenvalue weighted by Gasteiger charge is 2.53. The van der Waals surface area contributed by atoms with Gasteiger partial charge in [0.25, 0.3) is 0 Å². The van der Waals surface area contributed by atoms with Gasteiger partial charge >= 0.3 is 0 Å². The maximum absolute atomic E-state index is 10.1. The largest absolute Gasteiger partial charge is 0.508 e.